The third-order valence-electron chi connectivity index (χ3n) is 2.55. The molecule has 0 aliphatic heterocycles. The molecule has 0 fully saturated rings. The van der Waals surface area contributed by atoms with E-state index in [4.69, 9.17) is 5.73 Å². The Morgan fingerprint density at radius 1 is 1.28 bits per heavy atom. The first-order valence-electron chi connectivity index (χ1n) is 5.16. The number of hydrogen-bond donors (Lipinski definition) is 4. The minimum atomic E-state index is -0.588. The number of hydrogen-bond acceptors (Lipinski definition) is 5. The van der Waals surface area contributed by atoms with Crippen LogP contribution in [0.15, 0.2) is 27.1 Å². The molecule has 0 spiro atoms. The Labute approximate surface area is 104 Å². The second kappa shape index (κ2) is 3.93. The number of nitrogens with two attached hydrogens (primary N) is 1. The molecule has 3 rings (SSSR count). The molecule has 0 amide bonds. The lowest BCUT2D eigenvalue weighted by molar-refractivity contribution is 0.821. The number of imidazole rings is 1. The van der Waals surface area contributed by atoms with Crippen LogP contribution in [0.4, 0.5) is 0 Å². The summed E-state index contributed by atoms with van der Waals surface area (Å²) in [5.74, 6) is 0.444. The highest BCUT2D eigenvalue weighted by Gasteiger charge is 2.16. The molecular formula is C10H9N5O2S. The van der Waals surface area contributed by atoms with Crippen LogP contribution in [0.1, 0.15) is 16.7 Å². The number of H-pyrrole nitrogens is 3. The van der Waals surface area contributed by atoms with Crippen LogP contribution in [0, 0.1) is 0 Å². The van der Waals surface area contributed by atoms with Crippen LogP contribution < -0.4 is 17.0 Å². The molecule has 1 unspecified atom stereocenters. The first-order valence-corrected chi connectivity index (χ1v) is 6.04. The van der Waals surface area contributed by atoms with Gasteiger partial charge in [-0.25, -0.2) is 9.78 Å². The molecule has 5 N–H and O–H groups in total. The standard InChI is InChI=1S/C10H9N5O2S/c11-5(4-2-1-3-18-4)7-12-6-8(13-7)14-10(17)15-9(6)16/h1-3,5H,11H2,(H3,12,13,14,15,16,17). The third-order valence-corrected chi connectivity index (χ3v) is 3.51. The second-order valence-electron chi connectivity index (χ2n) is 3.75. The van der Waals surface area contributed by atoms with Crippen molar-refractivity contribution in [3.63, 3.8) is 0 Å². The van der Waals surface area contributed by atoms with Gasteiger partial charge in [0.05, 0.1) is 6.04 Å². The molecule has 0 aromatic carbocycles. The molecule has 3 aromatic heterocycles. The van der Waals surface area contributed by atoms with E-state index in [0.29, 0.717) is 5.82 Å². The third kappa shape index (κ3) is 1.67. The van der Waals surface area contributed by atoms with Crippen LogP contribution in [-0.4, -0.2) is 19.9 Å². The number of nitrogens with one attached hydrogen (secondary N) is 3. The average molecular weight is 263 g/mol. The lowest BCUT2D eigenvalue weighted by Gasteiger charge is -2.04. The highest BCUT2D eigenvalue weighted by atomic mass is 32.1. The van der Waals surface area contributed by atoms with Crippen molar-refractivity contribution in [1.29, 1.82) is 0 Å². The van der Waals surface area contributed by atoms with E-state index in [1.165, 1.54) is 11.3 Å². The fourth-order valence-electron chi connectivity index (χ4n) is 1.70. The van der Waals surface area contributed by atoms with Gasteiger partial charge in [-0.15, -0.1) is 11.3 Å². The SMILES string of the molecule is NC(c1nc2[nH]c(=O)[nH]c(=O)c2[nH]1)c1cccs1. The van der Waals surface area contributed by atoms with Crippen LogP contribution in [-0.2, 0) is 0 Å². The first kappa shape index (κ1) is 10.9. The number of rotatable bonds is 2. The van der Waals surface area contributed by atoms with Crippen molar-refractivity contribution in [1.82, 2.24) is 19.9 Å². The van der Waals surface area contributed by atoms with E-state index < -0.39 is 17.3 Å². The van der Waals surface area contributed by atoms with Crippen molar-refractivity contribution in [2.45, 2.75) is 6.04 Å². The zero-order chi connectivity index (χ0) is 12.7. The van der Waals surface area contributed by atoms with E-state index in [1.54, 1.807) is 0 Å². The lowest BCUT2D eigenvalue weighted by atomic mass is 10.2. The molecule has 3 aromatic rings. The number of aromatic nitrogens is 4. The molecule has 7 nitrogen and oxygen atoms in total. The monoisotopic (exact) mass is 263 g/mol. The van der Waals surface area contributed by atoms with Crippen molar-refractivity contribution in [3.05, 3.63) is 49.1 Å². The quantitative estimate of drug-likeness (QED) is 0.522. The summed E-state index contributed by atoms with van der Waals surface area (Å²) >= 11 is 1.50. The van der Waals surface area contributed by atoms with E-state index in [2.05, 4.69) is 19.9 Å². The van der Waals surface area contributed by atoms with Crippen molar-refractivity contribution in [3.8, 4) is 0 Å². The van der Waals surface area contributed by atoms with Gasteiger partial charge in [0.1, 0.15) is 11.3 Å². The molecule has 18 heavy (non-hydrogen) atoms. The predicted molar refractivity (Wildman–Crippen MR) is 67.7 cm³/mol. The molecule has 0 aliphatic rings. The molecule has 3 heterocycles. The van der Waals surface area contributed by atoms with Gasteiger partial charge in [0, 0.05) is 4.88 Å². The van der Waals surface area contributed by atoms with Crippen LogP contribution in [0.5, 0.6) is 0 Å². The molecule has 8 heteroatoms. The minimum Gasteiger partial charge on any atom is -0.334 e. The van der Waals surface area contributed by atoms with Gasteiger partial charge in [-0.2, -0.15) is 0 Å². The Bertz CT molecular complexity index is 798. The topological polar surface area (TPSA) is 120 Å². The maximum Gasteiger partial charge on any atom is 0.327 e. The smallest absolute Gasteiger partial charge is 0.327 e. The van der Waals surface area contributed by atoms with E-state index in [0.717, 1.165) is 4.88 Å². The van der Waals surface area contributed by atoms with E-state index in [-0.39, 0.29) is 11.2 Å². The molecule has 0 bridgehead atoms. The summed E-state index contributed by atoms with van der Waals surface area (Å²) < 4.78 is 0. The van der Waals surface area contributed by atoms with Crippen molar-refractivity contribution < 1.29 is 0 Å². The van der Waals surface area contributed by atoms with Gasteiger partial charge >= 0.3 is 5.69 Å². The minimum absolute atomic E-state index is 0.214. The first-order chi connectivity index (χ1) is 8.65. The van der Waals surface area contributed by atoms with Gasteiger partial charge in [0.2, 0.25) is 0 Å². The Balaban J connectivity index is 2.17. The molecule has 0 saturated carbocycles. The van der Waals surface area contributed by atoms with Gasteiger partial charge < -0.3 is 10.7 Å². The fourth-order valence-corrected chi connectivity index (χ4v) is 2.43. The van der Waals surface area contributed by atoms with Crippen LogP contribution in [0.25, 0.3) is 11.2 Å². The summed E-state index contributed by atoms with van der Waals surface area (Å²) in [6.07, 6.45) is 0. The average Bonchev–Trinajstić information content (AvgIpc) is 2.96. The molecule has 0 aliphatic carbocycles. The fraction of sp³-hybridized carbons (Fsp3) is 0.100. The molecule has 0 radical (unpaired) electrons. The Morgan fingerprint density at radius 3 is 2.83 bits per heavy atom. The largest absolute Gasteiger partial charge is 0.334 e. The molecule has 92 valence electrons. The van der Waals surface area contributed by atoms with Crippen LogP contribution in [0.2, 0.25) is 0 Å². The number of fused-ring (bicyclic) bond motifs is 1. The summed E-state index contributed by atoms with van der Waals surface area (Å²) in [5, 5.41) is 1.91. The zero-order valence-electron chi connectivity index (χ0n) is 9.06. The van der Waals surface area contributed by atoms with E-state index in [9.17, 15) is 9.59 Å². The highest BCUT2D eigenvalue weighted by Crippen LogP contribution is 2.22. The summed E-state index contributed by atoms with van der Waals surface area (Å²) in [7, 11) is 0. The van der Waals surface area contributed by atoms with E-state index in [1.807, 2.05) is 17.5 Å². The second-order valence-corrected chi connectivity index (χ2v) is 4.73. The molecular weight excluding hydrogens is 254 g/mol. The van der Waals surface area contributed by atoms with Gasteiger partial charge in [-0.05, 0) is 11.4 Å². The Kier molecular flexibility index (Phi) is 2.39. The van der Waals surface area contributed by atoms with Gasteiger partial charge in [0.15, 0.2) is 5.65 Å². The van der Waals surface area contributed by atoms with Gasteiger partial charge in [-0.3, -0.25) is 14.8 Å². The van der Waals surface area contributed by atoms with Crippen LogP contribution >= 0.6 is 11.3 Å². The normalized spacial score (nSPS) is 12.9. The summed E-state index contributed by atoms with van der Waals surface area (Å²) in [4.78, 5) is 35.1. The summed E-state index contributed by atoms with van der Waals surface area (Å²) in [5.41, 5.74) is 5.36. The van der Waals surface area contributed by atoms with Gasteiger partial charge in [-0.1, -0.05) is 6.07 Å². The maximum absolute atomic E-state index is 11.5. The van der Waals surface area contributed by atoms with Gasteiger partial charge in [0.25, 0.3) is 5.56 Å². The lowest BCUT2D eigenvalue weighted by Crippen LogP contribution is -2.21. The molecule has 1 atom stereocenters. The predicted octanol–water partition coefficient (Wildman–Crippen LogP) is 0.0491. The maximum atomic E-state index is 11.5. The Hall–Kier alpha value is -2.19. The Morgan fingerprint density at radius 2 is 2.11 bits per heavy atom. The van der Waals surface area contributed by atoms with Crippen LogP contribution in [0.3, 0.4) is 0 Å². The number of aromatic amines is 3. The number of thiophene rings is 1. The van der Waals surface area contributed by atoms with Crippen molar-refractivity contribution in [2.75, 3.05) is 0 Å². The molecule has 0 saturated heterocycles. The summed E-state index contributed by atoms with van der Waals surface area (Å²) in [6, 6.07) is 3.33. The van der Waals surface area contributed by atoms with Crippen molar-refractivity contribution >= 4 is 22.5 Å². The highest BCUT2D eigenvalue weighted by molar-refractivity contribution is 7.10. The van der Waals surface area contributed by atoms with Crippen molar-refractivity contribution in [2.24, 2.45) is 5.73 Å². The summed E-state index contributed by atoms with van der Waals surface area (Å²) in [6.45, 7) is 0. The van der Waals surface area contributed by atoms with E-state index >= 15 is 0 Å². The zero-order valence-corrected chi connectivity index (χ0v) is 9.88. The number of nitrogens with zero attached hydrogens (tertiary/aromatic N) is 1.